The standard InChI is InChI=1S/C2H2Br2P/c3-5(4)1-2-5/h1-2H/q+1. The lowest BCUT2D eigenvalue weighted by atomic mass is 11.3. The van der Waals surface area contributed by atoms with Crippen LogP contribution in [0, 0.1) is 0 Å². The highest BCUT2D eigenvalue weighted by molar-refractivity contribution is 9.74. The molecule has 28 valence electrons. The molecule has 0 radical (unpaired) electrons. The van der Waals surface area contributed by atoms with Gasteiger partial charge in [0.25, 0.3) is 0 Å². The molecule has 1 rings (SSSR count). The molecule has 0 aromatic carbocycles. The van der Waals surface area contributed by atoms with Gasteiger partial charge >= 0.3 is 0 Å². The fraction of sp³-hybridized carbons (Fsp3) is 0. The van der Waals surface area contributed by atoms with Gasteiger partial charge in [-0.15, -0.1) is 0 Å². The average molecular weight is 217 g/mol. The van der Waals surface area contributed by atoms with E-state index in [1.165, 1.54) is 0 Å². The molecule has 5 heavy (non-hydrogen) atoms. The molecule has 0 nitrogen and oxygen atoms in total. The molecule has 0 atom stereocenters. The normalized spacial score (nSPS) is 26.8. The van der Waals surface area contributed by atoms with Gasteiger partial charge in [-0.1, -0.05) is 0 Å². The van der Waals surface area contributed by atoms with Crippen LogP contribution in [-0.2, 0) is 0 Å². The Labute approximate surface area is 47.5 Å². The van der Waals surface area contributed by atoms with E-state index in [1.807, 2.05) is 0 Å². The molecular formula is C2H2Br2P+. The third kappa shape index (κ3) is 1.34. The smallest absolute Gasteiger partial charge is 0.122 e. The van der Waals surface area contributed by atoms with Gasteiger partial charge in [-0.2, -0.15) is 0 Å². The molecule has 0 fully saturated rings. The van der Waals surface area contributed by atoms with Gasteiger partial charge in [-0.05, 0) is 0 Å². The first-order valence-electron chi connectivity index (χ1n) is 1.19. The largest absolute Gasteiger partial charge is 0.209 e. The summed E-state index contributed by atoms with van der Waals surface area (Å²) in [6, 6.07) is 0. The second-order valence-corrected chi connectivity index (χ2v) is 12.6. The van der Waals surface area contributed by atoms with Gasteiger partial charge < -0.3 is 0 Å². The van der Waals surface area contributed by atoms with E-state index in [0.717, 1.165) is 0 Å². The monoisotopic (exact) mass is 215 g/mol. The zero-order chi connectivity index (χ0) is 3.91. The van der Waals surface area contributed by atoms with E-state index in [9.17, 15) is 0 Å². The fourth-order valence-electron chi connectivity index (χ4n) is 0.0504. The van der Waals surface area contributed by atoms with Crippen molar-refractivity contribution in [3.8, 4) is 0 Å². The quantitative estimate of drug-likeness (QED) is 0.546. The Kier molecular flexibility index (Phi) is 0.901. The second-order valence-electron chi connectivity index (χ2n) is 0.901. The zero-order valence-electron chi connectivity index (χ0n) is 2.36. The molecule has 1 aliphatic heterocycles. The number of hydrogen-bond donors (Lipinski definition) is 0. The van der Waals surface area contributed by atoms with Crippen molar-refractivity contribution in [2.45, 2.75) is 0 Å². The molecule has 0 spiro atoms. The van der Waals surface area contributed by atoms with E-state index in [4.69, 9.17) is 0 Å². The van der Waals surface area contributed by atoms with Crippen molar-refractivity contribution in [2.75, 3.05) is 0 Å². The van der Waals surface area contributed by atoms with Crippen molar-refractivity contribution in [2.24, 2.45) is 0 Å². The van der Waals surface area contributed by atoms with Gasteiger partial charge in [0, 0.05) is 0 Å². The summed E-state index contributed by atoms with van der Waals surface area (Å²) in [6.07, 6.45) is 0. The second kappa shape index (κ2) is 1.05. The Morgan fingerprint density at radius 2 is 1.40 bits per heavy atom. The summed E-state index contributed by atoms with van der Waals surface area (Å²) in [7, 11) is 0. The average Bonchev–Trinajstić information content (AvgIpc) is 1.76. The molecule has 0 aliphatic carbocycles. The van der Waals surface area contributed by atoms with Gasteiger partial charge in [0.1, 0.15) is 11.6 Å². The highest BCUT2D eigenvalue weighted by Gasteiger charge is 2.39. The third-order valence-corrected chi connectivity index (χ3v) is 3.96. The van der Waals surface area contributed by atoms with E-state index in [1.54, 1.807) is 0 Å². The van der Waals surface area contributed by atoms with E-state index in [-0.39, 0.29) is 0 Å². The van der Waals surface area contributed by atoms with Crippen LogP contribution in [0.5, 0.6) is 0 Å². The van der Waals surface area contributed by atoms with Crippen LogP contribution in [0.2, 0.25) is 0 Å². The molecule has 0 bridgehead atoms. The minimum absolute atomic E-state index is 0.764. The fourth-order valence-corrected chi connectivity index (χ4v) is 2.36. The van der Waals surface area contributed by atoms with Crippen LogP contribution in [0.25, 0.3) is 0 Å². The SMILES string of the molecule is Br[P+]1(Br)C=C1. The van der Waals surface area contributed by atoms with E-state index in [2.05, 4.69) is 42.6 Å². The molecule has 0 saturated carbocycles. The van der Waals surface area contributed by atoms with Crippen molar-refractivity contribution < 1.29 is 0 Å². The number of rotatable bonds is 0. The van der Waals surface area contributed by atoms with E-state index in [0.29, 0.717) is 0 Å². The Morgan fingerprint density at radius 1 is 1.20 bits per heavy atom. The molecule has 3 heteroatoms. The summed E-state index contributed by atoms with van der Waals surface area (Å²) in [4.78, 5) is 0. The lowest BCUT2D eigenvalue weighted by Crippen LogP contribution is -1.14. The summed E-state index contributed by atoms with van der Waals surface area (Å²) in [5, 5.41) is 0. The molecule has 0 unspecified atom stereocenters. The first kappa shape index (κ1) is 4.29. The maximum atomic E-state index is 3.40. The van der Waals surface area contributed by atoms with Gasteiger partial charge in [-0.25, -0.2) is 0 Å². The van der Waals surface area contributed by atoms with Crippen molar-refractivity contribution in [1.82, 2.24) is 0 Å². The van der Waals surface area contributed by atoms with Gasteiger partial charge in [0.05, 0.1) is 0 Å². The summed E-state index contributed by atoms with van der Waals surface area (Å²) >= 11 is 6.81. The summed E-state index contributed by atoms with van der Waals surface area (Å²) in [5.41, 5.74) is 0. The highest BCUT2D eigenvalue weighted by Crippen LogP contribution is 2.86. The van der Waals surface area contributed by atoms with Crippen molar-refractivity contribution in [3.05, 3.63) is 11.6 Å². The maximum Gasteiger partial charge on any atom is 0.209 e. The molecule has 0 aromatic heterocycles. The van der Waals surface area contributed by atoms with Crippen LogP contribution in [-0.4, -0.2) is 0 Å². The number of hydrogen-bond acceptors (Lipinski definition) is 0. The Hall–Kier alpha value is 1.13. The zero-order valence-corrected chi connectivity index (χ0v) is 6.42. The van der Waals surface area contributed by atoms with E-state index < -0.39 is 4.67 Å². The molecule has 0 saturated heterocycles. The molecular weight excluding hydrogens is 215 g/mol. The van der Waals surface area contributed by atoms with Gasteiger partial charge in [0.2, 0.25) is 4.67 Å². The first-order valence-corrected chi connectivity index (χ1v) is 7.15. The maximum absolute atomic E-state index is 3.40. The summed E-state index contributed by atoms with van der Waals surface area (Å²) < 4.78 is -0.764. The molecule has 1 aliphatic rings. The molecule has 0 aromatic rings. The Balaban J connectivity index is 2.47. The van der Waals surface area contributed by atoms with Crippen LogP contribution in [0.15, 0.2) is 11.6 Å². The van der Waals surface area contributed by atoms with Crippen LogP contribution < -0.4 is 0 Å². The lowest BCUT2D eigenvalue weighted by molar-refractivity contribution is 2.81. The van der Waals surface area contributed by atoms with Crippen LogP contribution in [0.4, 0.5) is 0 Å². The summed E-state index contributed by atoms with van der Waals surface area (Å²) in [5.74, 6) is 4.26. The Bertz CT molecular complexity index is 67.7. The minimum atomic E-state index is -0.764. The van der Waals surface area contributed by atoms with Crippen molar-refractivity contribution in [3.63, 3.8) is 0 Å². The highest BCUT2D eigenvalue weighted by atomic mass is 79.9. The third-order valence-electron chi connectivity index (χ3n) is 0.374. The van der Waals surface area contributed by atoms with Crippen molar-refractivity contribution in [1.29, 1.82) is 0 Å². The summed E-state index contributed by atoms with van der Waals surface area (Å²) in [6.45, 7) is 0. The van der Waals surface area contributed by atoms with Crippen LogP contribution in [0.3, 0.4) is 0 Å². The molecule has 0 amide bonds. The minimum Gasteiger partial charge on any atom is 0.122 e. The van der Waals surface area contributed by atoms with Gasteiger partial charge in [0.15, 0.2) is 31.0 Å². The molecule has 1 heterocycles. The predicted octanol–water partition coefficient (Wildman–Crippen LogP) is 3.11. The van der Waals surface area contributed by atoms with Crippen LogP contribution >= 0.6 is 35.6 Å². The van der Waals surface area contributed by atoms with Gasteiger partial charge in [-0.3, -0.25) is 0 Å². The number of halogens is 2. The topological polar surface area (TPSA) is 0 Å². The Morgan fingerprint density at radius 3 is 1.40 bits per heavy atom. The predicted molar refractivity (Wildman–Crippen MR) is 33.9 cm³/mol. The van der Waals surface area contributed by atoms with Crippen LogP contribution in [0.1, 0.15) is 0 Å². The van der Waals surface area contributed by atoms with Crippen molar-refractivity contribution >= 4 is 35.6 Å². The first-order chi connectivity index (χ1) is 2.21. The lowest BCUT2D eigenvalue weighted by Gasteiger charge is -1.68. The van der Waals surface area contributed by atoms with E-state index >= 15 is 0 Å². The molecule has 0 N–H and O–H groups in total.